The Morgan fingerprint density at radius 2 is 1.83 bits per heavy atom. The number of hydrogen-bond acceptors (Lipinski definition) is 5. The third-order valence-corrected chi connectivity index (χ3v) is 4.70. The van der Waals surface area contributed by atoms with Gasteiger partial charge in [-0.05, 0) is 12.5 Å². The Kier molecular flexibility index (Phi) is 4.00. The molecule has 0 spiro atoms. The number of hydrogen-bond donors (Lipinski definition) is 0. The fraction of sp³-hybridized carbons (Fsp3) is 0.389. The SMILES string of the molecule is CC(c1ccc(-c2ncc3ncn(C)c3n2)cc1)N1CCOCC1. The lowest BCUT2D eigenvalue weighted by atomic mass is 10.0. The van der Waals surface area contributed by atoms with Crippen LogP contribution in [0.2, 0.25) is 0 Å². The number of nitrogens with zero attached hydrogens (tertiary/aromatic N) is 5. The van der Waals surface area contributed by atoms with Gasteiger partial charge in [0, 0.05) is 31.7 Å². The number of aryl methyl sites for hydroxylation is 1. The van der Waals surface area contributed by atoms with Crippen molar-refractivity contribution in [2.75, 3.05) is 26.3 Å². The van der Waals surface area contributed by atoms with E-state index >= 15 is 0 Å². The fourth-order valence-corrected chi connectivity index (χ4v) is 3.15. The number of morpholine rings is 1. The Labute approximate surface area is 141 Å². The van der Waals surface area contributed by atoms with E-state index in [9.17, 15) is 0 Å². The molecular weight excluding hydrogens is 302 g/mol. The van der Waals surface area contributed by atoms with E-state index in [-0.39, 0.29) is 0 Å². The van der Waals surface area contributed by atoms with E-state index in [1.165, 1.54) is 5.56 Å². The molecule has 0 saturated carbocycles. The van der Waals surface area contributed by atoms with Crippen molar-refractivity contribution >= 4 is 11.2 Å². The maximum absolute atomic E-state index is 5.44. The summed E-state index contributed by atoms with van der Waals surface area (Å²) in [5.74, 6) is 0.733. The molecule has 3 heterocycles. The lowest BCUT2D eigenvalue weighted by Crippen LogP contribution is -2.37. The van der Waals surface area contributed by atoms with E-state index in [0.29, 0.717) is 6.04 Å². The Hall–Kier alpha value is -2.31. The maximum Gasteiger partial charge on any atom is 0.163 e. The smallest absolute Gasteiger partial charge is 0.163 e. The summed E-state index contributed by atoms with van der Waals surface area (Å²) in [5, 5.41) is 0. The minimum atomic E-state index is 0.392. The van der Waals surface area contributed by atoms with E-state index < -0.39 is 0 Å². The highest BCUT2D eigenvalue weighted by molar-refractivity contribution is 5.72. The molecule has 1 fully saturated rings. The van der Waals surface area contributed by atoms with Gasteiger partial charge < -0.3 is 9.30 Å². The van der Waals surface area contributed by atoms with Crippen molar-refractivity contribution in [3.63, 3.8) is 0 Å². The number of ether oxygens (including phenoxy) is 1. The van der Waals surface area contributed by atoms with Crippen LogP contribution in [0.5, 0.6) is 0 Å². The average Bonchev–Trinajstić information content (AvgIpc) is 3.02. The third-order valence-electron chi connectivity index (χ3n) is 4.70. The number of benzene rings is 1. The van der Waals surface area contributed by atoms with Crippen LogP contribution in [0.25, 0.3) is 22.6 Å². The van der Waals surface area contributed by atoms with Crippen molar-refractivity contribution in [2.45, 2.75) is 13.0 Å². The second-order valence-electron chi connectivity index (χ2n) is 6.20. The summed E-state index contributed by atoms with van der Waals surface area (Å²) in [5.41, 5.74) is 4.00. The van der Waals surface area contributed by atoms with Gasteiger partial charge in [-0.25, -0.2) is 15.0 Å². The summed E-state index contributed by atoms with van der Waals surface area (Å²) < 4.78 is 7.35. The summed E-state index contributed by atoms with van der Waals surface area (Å²) in [6.07, 6.45) is 3.54. The molecule has 1 aliphatic heterocycles. The van der Waals surface area contributed by atoms with E-state index in [1.54, 1.807) is 12.5 Å². The van der Waals surface area contributed by atoms with Crippen molar-refractivity contribution in [2.24, 2.45) is 7.05 Å². The molecule has 124 valence electrons. The van der Waals surface area contributed by atoms with E-state index in [4.69, 9.17) is 4.74 Å². The van der Waals surface area contributed by atoms with E-state index in [1.807, 2.05) is 11.6 Å². The zero-order valence-corrected chi connectivity index (χ0v) is 14.0. The molecule has 1 atom stereocenters. The largest absolute Gasteiger partial charge is 0.379 e. The lowest BCUT2D eigenvalue weighted by Gasteiger charge is -2.32. The lowest BCUT2D eigenvalue weighted by molar-refractivity contribution is 0.0198. The van der Waals surface area contributed by atoms with Crippen molar-refractivity contribution in [3.8, 4) is 11.4 Å². The quantitative estimate of drug-likeness (QED) is 0.741. The van der Waals surface area contributed by atoms with Gasteiger partial charge in [0.2, 0.25) is 0 Å². The van der Waals surface area contributed by atoms with Crippen LogP contribution in [0.4, 0.5) is 0 Å². The van der Waals surface area contributed by atoms with Gasteiger partial charge in [0.05, 0.1) is 25.7 Å². The number of rotatable bonds is 3. The first-order valence-corrected chi connectivity index (χ1v) is 8.28. The Balaban J connectivity index is 1.59. The standard InChI is InChI=1S/C18H21N5O/c1-13(23-7-9-24-10-8-23)14-3-5-15(6-4-14)17-19-11-16-18(21-17)22(2)12-20-16/h3-6,11-13H,7-10H2,1-2H3. The van der Waals surface area contributed by atoms with Crippen molar-refractivity contribution in [3.05, 3.63) is 42.4 Å². The number of imidazole rings is 1. The van der Waals surface area contributed by atoms with Gasteiger partial charge >= 0.3 is 0 Å². The van der Waals surface area contributed by atoms with Crippen LogP contribution >= 0.6 is 0 Å². The van der Waals surface area contributed by atoms with Crippen LogP contribution in [0.3, 0.4) is 0 Å². The minimum Gasteiger partial charge on any atom is -0.379 e. The zero-order valence-electron chi connectivity index (χ0n) is 14.0. The van der Waals surface area contributed by atoms with E-state index in [2.05, 4.69) is 51.0 Å². The Morgan fingerprint density at radius 3 is 2.58 bits per heavy atom. The minimum absolute atomic E-state index is 0.392. The van der Waals surface area contributed by atoms with Crippen LogP contribution in [-0.4, -0.2) is 50.7 Å². The molecule has 0 amide bonds. The predicted octanol–water partition coefficient (Wildman–Crippen LogP) is 2.42. The van der Waals surface area contributed by atoms with Gasteiger partial charge in [-0.1, -0.05) is 24.3 Å². The fourth-order valence-electron chi connectivity index (χ4n) is 3.15. The van der Waals surface area contributed by atoms with Gasteiger partial charge in [-0.3, -0.25) is 4.90 Å². The zero-order chi connectivity index (χ0) is 16.5. The first-order chi connectivity index (χ1) is 11.7. The summed E-state index contributed by atoms with van der Waals surface area (Å²) in [7, 11) is 1.94. The Morgan fingerprint density at radius 1 is 1.08 bits per heavy atom. The molecule has 24 heavy (non-hydrogen) atoms. The Bertz CT molecular complexity index is 836. The van der Waals surface area contributed by atoms with Crippen molar-refractivity contribution in [1.29, 1.82) is 0 Å². The summed E-state index contributed by atoms with van der Waals surface area (Å²) in [4.78, 5) is 15.8. The predicted molar refractivity (Wildman–Crippen MR) is 92.5 cm³/mol. The van der Waals surface area contributed by atoms with Crippen LogP contribution in [-0.2, 0) is 11.8 Å². The van der Waals surface area contributed by atoms with Crippen LogP contribution in [0.15, 0.2) is 36.8 Å². The van der Waals surface area contributed by atoms with Gasteiger partial charge in [0.15, 0.2) is 11.5 Å². The molecule has 1 aromatic carbocycles. The monoisotopic (exact) mass is 323 g/mol. The first-order valence-electron chi connectivity index (χ1n) is 8.28. The number of fused-ring (bicyclic) bond motifs is 1. The molecular formula is C18H21N5O. The molecule has 6 heteroatoms. The van der Waals surface area contributed by atoms with Gasteiger partial charge in [-0.15, -0.1) is 0 Å². The second-order valence-corrected chi connectivity index (χ2v) is 6.20. The highest BCUT2D eigenvalue weighted by Crippen LogP contribution is 2.24. The van der Waals surface area contributed by atoms with Crippen LogP contribution in [0, 0.1) is 0 Å². The molecule has 0 bridgehead atoms. The normalized spacial score (nSPS) is 17.2. The van der Waals surface area contributed by atoms with Crippen molar-refractivity contribution < 1.29 is 4.74 Å². The molecule has 0 radical (unpaired) electrons. The van der Waals surface area contributed by atoms with Crippen LogP contribution < -0.4 is 0 Å². The molecule has 3 aromatic rings. The van der Waals surface area contributed by atoms with Crippen LogP contribution in [0.1, 0.15) is 18.5 Å². The molecule has 4 rings (SSSR count). The summed E-state index contributed by atoms with van der Waals surface area (Å²) in [6.45, 7) is 5.87. The molecule has 0 aliphatic carbocycles. The highest BCUT2D eigenvalue weighted by atomic mass is 16.5. The van der Waals surface area contributed by atoms with Crippen molar-refractivity contribution in [1.82, 2.24) is 24.4 Å². The third kappa shape index (κ3) is 2.79. The second kappa shape index (κ2) is 6.30. The topological polar surface area (TPSA) is 56.1 Å². The summed E-state index contributed by atoms with van der Waals surface area (Å²) in [6, 6.07) is 8.94. The van der Waals surface area contributed by atoms with Gasteiger partial charge in [0.1, 0.15) is 5.52 Å². The number of aromatic nitrogens is 4. The molecule has 1 saturated heterocycles. The van der Waals surface area contributed by atoms with Gasteiger partial charge in [-0.2, -0.15) is 0 Å². The molecule has 1 unspecified atom stereocenters. The average molecular weight is 323 g/mol. The maximum atomic E-state index is 5.44. The molecule has 1 aliphatic rings. The highest BCUT2D eigenvalue weighted by Gasteiger charge is 2.18. The van der Waals surface area contributed by atoms with Gasteiger partial charge in [0.25, 0.3) is 0 Å². The molecule has 6 nitrogen and oxygen atoms in total. The molecule has 2 aromatic heterocycles. The summed E-state index contributed by atoms with van der Waals surface area (Å²) >= 11 is 0. The van der Waals surface area contributed by atoms with E-state index in [0.717, 1.165) is 48.9 Å². The molecule has 0 N–H and O–H groups in total. The first kappa shape index (κ1) is 15.2.